The van der Waals surface area contributed by atoms with E-state index < -0.39 is 0 Å². The molecule has 1 aliphatic carbocycles. The Morgan fingerprint density at radius 3 is 2.75 bits per heavy atom. The average Bonchev–Trinajstić information content (AvgIpc) is 2.28. The molecule has 80 valence electrons. The van der Waals surface area contributed by atoms with Crippen LogP contribution in [0.2, 0.25) is 0 Å². The van der Waals surface area contributed by atoms with Crippen LogP contribution >= 0.6 is 15.9 Å². The number of hydrogen-bond donors (Lipinski definition) is 2. The van der Waals surface area contributed by atoms with E-state index in [0.717, 1.165) is 15.7 Å². The van der Waals surface area contributed by atoms with E-state index in [0.29, 0.717) is 5.71 Å². The summed E-state index contributed by atoms with van der Waals surface area (Å²) < 4.78 is 1.03. The molecule has 16 heavy (non-hydrogen) atoms. The van der Waals surface area contributed by atoms with E-state index in [2.05, 4.69) is 21.2 Å². The van der Waals surface area contributed by atoms with Crippen LogP contribution in [0.25, 0.3) is 0 Å². The molecule has 2 nitrogen and oxygen atoms in total. The maximum atomic E-state index is 7.70. The minimum Gasteiger partial charge on any atom is -0.361 e. The molecule has 2 N–H and O–H groups in total. The fraction of sp³-hybridized carbons (Fsp3) is 0. The smallest absolute Gasteiger partial charge is 0.0626 e. The maximum Gasteiger partial charge on any atom is 0.0626 e. The molecule has 2 rings (SSSR count). The van der Waals surface area contributed by atoms with Crippen LogP contribution in [-0.4, -0.2) is 5.71 Å². The van der Waals surface area contributed by atoms with Gasteiger partial charge in [0.2, 0.25) is 0 Å². The molecule has 1 aromatic carbocycles. The molecule has 1 aromatic rings. The van der Waals surface area contributed by atoms with Crippen molar-refractivity contribution < 1.29 is 0 Å². The summed E-state index contributed by atoms with van der Waals surface area (Å²) in [5.74, 6) is 0. The Morgan fingerprint density at radius 2 is 2.00 bits per heavy atom. The van der Waals surface area contributed by atoms with Crippen LogP contribution in [0.3, 0.4) is 0 Å². The molecule has 1 aliphatic rings. The summed E-state index contributed by atoms with van der Waals surface area (Å²) in [6, 6.07) is 7.91. The first kappa shape index (κ1) is 10.9. The van der Waals surface area contributed by atoms with E-state index in [4.69, 9.17) is 5.41 Å². The zero-order chi connectivity index (χ0) is 11.4. The Labute approximate surface area is 103 Å². The van der Waals surface area contributed by atoms with Crippen molar-refractivity contribution in [3.63, 3.8) is 0 Å². The Balaban J connectivity index is 2.12. The summed E-state index contributed by atoms with van der Waals surface area (Å²) in [5, 5.41) is 10.9. The highest BCUT2D eigenvalue weighted by molar-refractivity contribution is 9.10. The second kappa shape index (κ2) is 4.94. The fourth-order valence-corrected chi connectivity index (χ4v) is 1.76. The van der Waals surface area contributed by atoms with Crippen LogP contribution in [0.5, 0.6) is 0 Å². The van der Waals surface area contributed by atoms with Crippen molar-refractivity contribution in [3.05, 3.63) is 64.8 Å². The monoisotopic (exact) mass is 274 g/mol. The van der Waals surface area contributed by atoms with Crippen LogP contribution < -0.4 is 5.32 Å². The van der Waals surface area contributed by atoms with Crippen molar-refractivity contribution in [2.24, 2.45) is 0 Å². The third kappa shape index (κ3) is 2.70. The van der Waals surface area contributed by atoms with Crippen LogP contribution in [0.1, 0.15) is 0 Å². The van der Waals surface area contributed by atoms with E-state index in [1.54, 1.807) is 6.08 Å². The zero-order valence-electron chi connectivity index (χ0n) is 8.57. The van der Waals surface area contributed by atoms with Gasteiger partial charge in [-0.05, 0) is 24.3 Å². The lowest BCUT2D eigenvalue weighted by molar-refractivity contribution is 1.47. The number of hydrogen-bond acceptors (Lipinski definition) is 2. The minimum absolute atomic E-state index is 0.519. The molecule has 3 heteroatoms. The average molecular weight is 275 g/mol. The summed E-state index contributed by atoms with van der Waals surface area (Å²) in [7, 11) is 0. The van der Waals surface area contributed by atoms with Gasteiger partial charge in [-0.25, -0.2) is 0 Å². The van der Waals surface area contributed by atoms with Gasteiger partial charge in [-0.15, -0.1) is 0 Å². The van der Waals surface area contributed by atoms with Crippen molar-refractivity contribution in [2.75, 3.05) is 5.32 Å². The highest BCUT2D eigenvalue weighted by Gasteiger charge is 2.00. The van der Waals surface area contributed by atoms with Crippen LogP contribution in [0.4, 0.5) is 5.69 Å². The molecular weight excluding hydrogens is 264 g/mol. The Bertz CT molecular complexity index is 498. The summed E-state index contributed by atoms with van der Waals surface area (Å²) in [6.07, 6.45) is 9.30. The molecule has 0 atom stereocenters. The van der Waals surface area contributed by atoms with Gasteiger partial charge in [0, 0.05) is 21.9 Å². The first-order chi connectivity index (χ1) is 7.75. The molecule has 0 unspecified atom stereocenters. The molecular formula is C13H11BrN2. The third-order valence-electron chi connectivity index (χ3n) is 2.18. The number of allylic oxidation sites excluding steroid dienone is 5. The van der Waals surface area contributed by atoms with E-state index in [1.807, 2.05) is 48.7 Å². The molecule has 0 saturated carbocycles. The van der Waals surface area contributed by atoms with Crippen molar-refractivity contribution in [3.8, 4) is 0 Å². The quantitative estimate of drug-likeness (QED) is 0.843. The van der Waals surface area contributed by atoms with Gasteiger partial charge < -0.3 is 10.7 Å². The van der Waals surface area contributed by atoms with E-state index in [1.165, 1.54) is 0 Å². The molecule has 0 aliphatic heterocycles. The highest BCUT2D eigenvalue weighted by atomic mass is 79.9. The standard InChI is InChI=1S/C13H11BrN2/c14-11-5-3-6-12(8-11)16-9-10-4-1-2-7-13(10)15/h1-9,15-16H/b10-9-,15-13?. The lowest BCUT2D eigenvalue weighted by atomic mass is 10.1. The van der Waals surface area contributed by atoms with Gasteiger partial charge in [-0.2, -0.15) is 0 Å². The Kier molecular flexibility index (Phi) is 3.37. The molecule has 0 heterocycles. The molecule has 0 bridgehead atoms. The van der Waals surface area contributed by atoms with Gasteiger partial charge in [0.1, 0.15) is 0 Å². The Morgan fingerprint density at radius 1 is 1.19 bits per heavy atom. The molecule has 0 saturated heterocycles. The molecule has 0 spiro atoms. The highest BCUT2D eigenvalue weighted by Crippen LogP contribution is 2.16. The van der Waals surface area contributed by atoms with Gasteiger partial charge in [0.25, 0.3) is 0 Å². The predicted octanol–water partition coefficient (Wildman–Crippen LogP) is 3.89. The number of anilines is 1. The molecule has 0 fully saturated rings. The fourth-order valence-electron chi connectivity index (χ4n) is 1.36. The molecule has 0 amide bonds. The Hall–Kier alpha value is -1.61. The summed E-state index contributed by atoms with van der Waals surface area (Å²) >= 11 is 3.41. The second-order valence-corrected chi connectivity index (χ2v) is 4.30. The number of nitrogens with one attached hydrogen (secondary N) is 2. The minimum atomic E-state index is 0.519. The lowest BCUT2D eigenvalue weighted by Gasteiger charge is -2.06. The predicted molar refractivity (Wildman–Crippen MR) is 71.9 cm³/mol. The number of rotatable bonds is 2. The van der Waals surface area contributed by atoms with E-state index in [9.17, 15) is 0 Å². The van der Waals surface area contributed by atoms with E-state index in [-0.39, 0.29) is 0 Å². The van der Waals surface area contributed by atoms with Gasteiger partial charge in [-0.1, -0.05) is 40.2 Å². The lowest BCUT2D eigenvalue weighted by Crippen LogP contribution is -2.00. The largest absolute Gasteiger partial charge is 0.361 e. The van der Waals surface area contributed by atoms with Gasteiger partial charge in [0.05, 0.1) is 5.71 Å². The second-order valence-electron chi connectivity index (χ2n) is 3.39. The van der Waals surface area contributed by atoms with Crippen LogP contribution in [0, 0.1) is 5.41 Å². The van der Waals surface area contributed by atoms with Crippen LogP contribution in [-0.2, 0) is 0 Å². The number of halogens is 1. The van der Waals surface area contributed by atoms with Gasteiger partial charge in [0.15, 0.2) is 0 Å². The topological polar surface area (TPSA) is 35.9 Å². The summed E-state index contributed by atoms with van der Waals surface area (Å²) in [6.45, 7) is 0. The SMILES string of the molecule is N=C1C=CC=C/C1=C/Nc1cccc(Br)c1. The first-order valence-electron chi connectivity index (χ1n) is 4.92. The molecule has 0 radical (unpaired) electrons. The third-order valence-corrected chi connectivity index (χ3v) is 2.67. The van der Waals surface area contributed by atoms with Gasteiger partial charge in [-0.3, -0.25) is 0 Å². The van der Waals surface area contributed by atoms with Crippen molar-refractivity contribution >= 4 is 27.3 Å². The van der Waals surface area contributed by atoms with Crippen molar-refractivity contribution in [1.82, 2.24) is 0 Å². The molecule has 0 aromatic heterocycles. The maximum absolute atomic E-state index is 7.70. The van der Waals surface area contributed by atoms with Crippen LogP contribution in [0.15, 0.2) is 64.8 Å². The summed E-state index contributed by atoms with van der Waals surface area (Å²) in [4.78, 5) is 0. The number of benzene rings is 1. The first-order valence-corrected chi connectivity index (χ1v) is 5.71. The summed E-state index contributed by atoms with van der Waals surface area (Å²) in [5.41, 5.74) is 2.39. The van der Waals surface area contributed by atoms with Gasteiger partial charge >= 0.3 is 0 Å². The van der Waals surface area contributed by atoms with E-state index >= 15 is 0 Å². The van der Waals surface area contributed by atoms with Crippen molar-refractivity contribution in [2.45, 2.75) is 0 Å². The van der Waals surface area contributed by atoms with Crippen molar-refractivity contribution in [1.29, 1.82) is 5.41 Å². The normalized spacial score (nSPS) is 16.8. The zero-order valence-corrected chi connectivity index (χ0v) is 10.2.